The van der Waals surface area contributed by atoms with Crippen LogP contribution < -0.4 is 5.32 Å². The molecule has 2 aromatic heterocycles. The number of likely N-dealkylation sites (N-methyl/N-ethyl adjacent to an activating group) is 1. The number of para-hydroxylation sites is 1. The number of piperazine rings is 1. The summed E-state index contributed by atoms with van der Waals surface area (Å²) in [5.74, 6) is 0.689. The summed E-state index contributed by atoms with van der Waals surface area (Å²) in [6, 6.07) is 15.9. The molecule has 1 fully saturated rings. The third-order valence-corrected chi connectivity index (χ3v) is 7.94. The molecule has 0 spiro atoms. The molecule has 0 saturated carbocycles. The van der Waals surface area contributed by atoms with Gasteiger partial charge in [-0.2, -0.15) is 0 Å². The molecule has 2 aromatic carbocycles. The minimum Gasteiger partial charge on any atom is -0.451 e. The summed E-state index contributed by atoms with van der Waals surface area (Å²) in [5, 5.41) is 13.2. The number of carbonyl (C=O) groups excluding carboxylic acids is 1. The molecular weight excluding hydrogens is 466 g/mol. The summed E-state index contributed by atoms with van der Waals surface area (Å²) < 4.78 is 6.90. The fraction of sp³-hybridized carbons (Fsp3) is 0.320. The second-order valence-corrected chi connectivity index (χ2v) is 10.9. The molecule has 9 heteroatoms. The summed E-state index contributed by atoms with van der Waals surface area (Å²) >= 11 is 3.12. The van der Waals surface area contributed by atoms with E-state index in [4.69, 9.17) is 4.42 Å². The highest BCUT2D eigenvalue weighted by Crippen LogP contribution is 2.33. The first kappa shape index (κ1) is 23.0. The van der Waals surface area contributed by atoms with E-state index in [0.29, 0.717) is 17.1 Å². The van der Waals surface area contributed by atoms with Crippen LogP contribution in [0.3, 0.4) is 0 Å². The number of rotatable bonds is 7. The molecular formula is C25H27N5O2S2. The lowest BCUT2D eigenvalue weighted by Crippen LogP contribution is -2.43. The maximum absolute atomic E-state index is 13.3. The van der Waals surface area contributed by atoms with Crippen molar-refractivity contribution in [3.05, 3.63) is 70.4 Å². The number of benzene rings is 2. The van der Waals surface area contributed by atoms with E-state index < -0.39 is 0 Å². The Kier molecular flexibility index (Phi) is 6.96. The van der Waals surface area contributed by atoms with Crippen molar-refractivity contribution in [1.82, 2.24) is 20.0 Å². The molecule has 176 valence electrons. The number of carbonyl (C=O) groups is 1. The molecule has 4 aromatic rings. The number of furan rings is 1. The highest BCUT2D eigenvalue weighted by atomic mass is 32.2. The molecule has 3 heterocycles. The van der Waals surface area contributed by atoms with Crippen LogP contribution in [-0.4, -0.2) is 59.1 Å². The number of hydrogen-bond acceptors (Lipinski definition) is 8. The number of fused-ring (bicyclic) bond motifs is 1. The van der Waals surface area contributed by atoms with Gasteiger partial charge in [-0.25, -0.2) is 0 Å². The van der Waals surface area contributed by atoms with Gasteiger partial charge in [-0.05, 0) is 37.7 Å². The van der Waals surface area contributed by atoms with Gasteiger partial charge in [0.1, 0.15) is 10.6 Å². The van der Waals surface area contributed by atoms with Crippen molar-refractivity contribution >= 4 is 45.7 Å². The van der Waals surface area contributed by atoms with Gasteiger partial charge in [0.2, 0.25) is 0 Å². The topological polar surface area (TPSA) is 74.5 Å². The maximum atomic E-state index is 13.3. The van der Waals surface area contributed by atoms with Crippen LogP contribution in [0.25, 0.3) is 11.0 Å². The second-order valence-electron chi connectivity index (χ2n) is 8.52. The van der Waals surface area contributed by atoms with Crippen molar-refractivity contribution in [3.63, 3.8) is 0 Å². The predicted octanol–water partition coefficient (Wildman–Crippen LogP) is 4.88. The summed E-state index contributed by atoms with van der Waals surface area (Å²) in [5.41, 5.74) is 3.55. The van der Waals surface area contributed by atoms with E-state index >= 15 is 0 Å². The predicted molar refractivity (Wildman–Crippen MR) is 138 cm³/mol. The van der Waals surface area contributed by atoms with Crippen LogP contribution in [0.5, 0.6) is 0 Å². The standard InChI is InChI=1S/C25H27N5O2S2/c1-17-27-28-25(34-17)33-16-21-20-8-3-4-9-22(20)32-23(21)24(31)26-19-7-5-6-18(14-19)15-30-12-10-29(2)11-13-30/h3-9,14H,10-13,15-16H2,1-2H3,(H,26,31). The third kappa shape index (κ3) is 5.33. The molecule has 1 N–H and O–H groups in total. The Hall–Kier alpha value is -2.72. The lowest BCUT2D eigenvalue weighted by molar-refractivity contribution is 0.0998. The van der Waals surface area contributed by atoms with E-state index in [9.17, 15) is 4.79 Å². The zero-order chi connectivity index (χ0) is 23.5. The molecule has 5 rings (SSSR count). The van der Waals surface area contributed by atoms with Crippen molar-refractivity contribution in [2.24, 2.45) is 0 Å². The fourth-order valence-corrected chi connectivity index (χ4v) is 5.94. The Morgan fingerprint density at radius 1 is 1.12 bits per heavy atom. The quantitative estimate of drug-likeness (QED) is 0.368. The number of hydrogen-bond donors (Lipinski definition) is 1. The maximum Gasteiger partial charge on any atom is 0.291 e. The van der Waals surface area contributed by atoms with Crippen LogP contribution >= 0.6 is 23.1 Å². The normalized spacial score (nSPS) is 15.1. The van der Waals surface area contributed by atoms with Crippen molar-refractivity contribution in [2.45, 2.75) is 23.6 Å². The van der Waals surface area contributed by atoms with Gasteiger partial charge in [0.15, 0.2) is 10.1 Å². The monoisotopic (exact) mass is 493 g/mol. The van der Waals surface area contributed by atoms with Crippen molar-refractivity contribution in [1.29, 1.82) is 0 Å². The summed E-state index contributed by atoms with van der Waals surface area (Å²) in [4.78, 5) is 18.1. The molecule has 7 nitrogen and oxygen atoms in total. The molecule has 0 aliphatic carbocycles. The molecule has 34 heavy (non-hydrogen) atoms. The van der Waals surface area contributed by atoms with E-state index in [0.717, 1.165) is 58.7 Å². The number of nitrogens with zero attached hydrogens (tertiary/aromatic N) is 4. The molecule has 0 bridgehead atoms. The summed E-state index contributed by atoms with van der Waals surface area (Å²) in [6.45, 7) is 7.10. The molecule has 1 aliphatic rings. The van der Waals surface area contributed by atoms with Gasteiger partial charge in [-0.3, -0.25) is 9.69 Å². The first-order valence-electron chi connectivity index (χ1n) is 11.3. The van der Waals surface area contributed by atoms with Gasteiger partial charge in [-0.1, -0.05) is 53.4 Å². The largest absolute Gasteiger partial charge is 0.451 e. The first-order chi connectivity index (χ1) is 16.5. The highest BCUT2D eigenvalue weighted by Gasteiger charge is 2.22. The summed E-state index contributed by atoms with van der Waals surface area (Å²) in [6.07, 6.45) is 0. The van der Waals surface area contributed by atoms with Gasteiger partial charge >= 0.3 is 0 Å². The van der Waals surface area contributed by atoms with Gasteiger partial charge in [-0.15, -0.1) is 10.2 Å². The number of aromatic nitrogens is 2. The average Bonchev–Trinajstić information content (AvgIpc) is 3.42. The van der Waals surface area contributed by atoms with Gasteiger partial charge in [0, 0.05) is 55.1 Å². The lowest BCUT2D eigenvalue weighted by atomic mass is 10.1. The number of amides is 1. The SMILES string of the molecule is Cc1nnc(SCc2c(C(=O)Nc3cccc(CN4CCN(C)CC4)c3)oc3ccccc23)s1. The molecule has 1 aliphatic heterocycles. The van der Waals surface area contributed by atoms with Gasteiger partial charge in [0.05, 0.1) is 0 Å². The number of aryl methyl sites for hydroxylation is 1. The summed E-state index contributed by atoms with van der Waals surface area (Å²) in [7, 11) is 2.16. The smallest absolute Gasteiger partial charge is 0.291 e. The van der Waals surface area contributed by atoms with Crippen LogP contribution in [0.4, 0.5) is 5.69 Å². The Labute approximate surface area is 207 Å². The van der Waals surface area contributed by atoms with Gasteiger partial charge in [0.25, 0.3) is 5.91 Å². The van der Waals surface area contributed by atoms with E-state index in [-0.39, 0.29) is 5.91 Å². The number of nitrogens with one attached hydrogen (secondary N) is 1. The highest BCUT2D eigenvalue weighted by molar-refractivity contribution is 8.00. The van der Waals surface area contributed by atoms with E-state index in [1.54, 1.807) is 23.1 Å². The van der Waals surface area contributed by atoms with E-state index in [2.05, 4.69) is 44.5 Å². The van der Waals surface area contributed by atoms with Crippen molar-refractivity contribution < 1.29 is 9.21 Å². The minimum atomic E-state index is -0.239. The Bertz CT molecular complexity index is 1290. The van der Waals surface area contributed by atoms with Crippen molar-refractivity contribution in [2.75, 3.05) is 38.5 Å². The number of thioether (sulfide) groups is 1. The van der Waals surface area contributed by atoms with E-state index in [1.807, 2.05) is 43.3 Å². The van der Waals surface area contributed by atoms with Crippen LogP contribution in [-0.2, 0) is 12.3 Å². The zero-order valence-corrected chi connectivity index (χ0v) is 20.9. The fourth-order valence-electron chi connectivity index (χ4n) is 4.10. The Balaban J connectivity index is 1.33. The molecule has 0 unspecified atom stereocenters. The molecule has 1 amide bonds. The lowest BCUT2D eigenvalue weighted by Gasteiger charge is -2.32. The van der Waals surface area contributed by atoms with E-state index in [1.165, 1.54) is 5.56 Å². The van der Waals surface area contributed by atoms with Crippen LogP contribution in [0.15, 0.2) is 57.3 Å². The Morgan fingerprint density at radius 2 is 1.94 bits per heavy atom. The average molecular weight is 494 g/mol. The van der Waals surface area contributed by atoms with Crippen LogP contribution in [0, 0.1) is 6.92 Å². The minimum absolute atomic E-state index is 0.239. The third-order valence-electron chi connectivity index (χ3n) is 5.94. The van der Waals surface area contributed by atoms with Crippen LogP contribution in [0.1, 0.15) is 26.7 Å². The molecule has 0 atom stereocenters. The zero-order valence-electron chi connectivity index (χ0n) is 19.3. The van der Waals surface area contributed by atoms with Gasteiger partial charge < -0.3 is 14.6 Å². The molecule has 1 saturated heterocycles. The second kappa shape index (κ2) is 10.3. The Morgan fingerprint density at radius 3 is 2.74 bits per heavy atom. The van der Waals surface area contributed by atoms with Crippen molar-refractivity contribution in [3.8, 4) is 0 Å². The number of anilines is 1. The van der Waals surface area contributed by atoms with Crippen LogP contribution in [0.2, 0.25) is 0 Å². The molecule has 0 radical (unpaired) electrons. The first-order valence-corrected chi connectivity index (χ1v) is 13.1.